The van der Waals surface area contributed by atoms with Gasteiger partial charge in [0.25, 0.3) is 0 Å². The molecule has 0 amide bonds. The van der Waals surface area contributed by atoms with Crippen LogP contribution in [-0.2, 0) is 4.74 Å². The van der Waals surface area contributed by atoms with Gasteiger partial charge in [-0.05, 0) is 12.8 Å². The first-order valence-electron chi connectivity index (χ1n) is 4.40. The maximum Gasteiger partial charge on any atom is 1.00 e. The Morgan fingerprint density at radius 1 is 1.08 bits per heavy atom. The van der Waals surface area contributed by atoms with Crippen LogP contribution in [0.1, 0.15) is 32.1 Å². The molecule has 0 bridgehead atoms. The molecular formula is C7H13BF3KO. The molecule has 0 heterocycles. The summed E-state index contributed by atoms with van der Waals surface area (Å²) >= 11 is 0. The van der Waals surface area contributed by atoms with Crippen molar-refractivity contribution in [2.24, 2.45) is 0 Å². The molecule has 0 N–H and O–H groups in total. The van der Waals surface area contributed by atoms with Crippen LogP contribution in [0.5, 0.6) is 0 Å². The monoisotopic (exact) mass is 220 g/mol. The van der Waals surface area contributed by atoms with Crippen molar-refractivity contribution in [3.63, 3.8) is 0 Å². The molecule has 72 valence electrons. The molecule has 0 aromatic rings. The number of hydrogen-bond donors (Lipinski definition) is 0. The molecule has 0 aromatic carbocycles. The Labute approximate surface area is 119 Å². The predicted molar refractivity (Wildman–Crippen MR) is 41.9 cm³/mol. The van der Waals surface area contributed by atoms with Crippen molar-refractivity contribution in [3.05, 3.63) is 0 Å². The molecular weight excluding hydrogens is 207 g/mol. The predicted octanol–water partition coefficient (Wildman–Crippen LogP) is -0.274. The van der Waals surface area contributed by atoms with Gasteiger partial charge in [-0.3, -0.25) is 0 Å². The van der Waals surface area contributed by atoms with Gasteiger partial charge in [-0.25, -0.2) is 0 Å². The van der Waals surface area contributed by atoms with Crippen molar-refractivity contribution >= 4 is 6.98 Å². The van der Waals surface area contributed by atoms with E-state index in [0.29, 0.717) is 0 Å². The first kappa shape index (κ1) is 14.5. The Morgan fingerprint density at radius 3 is 2.08 bits per heavy atom. The van der Waals surface area contributed by atoms with Crippen molar-refractivity contribution in [2.45, 2.75) is 38.2 Å². The molecule has 1 nitrogen and oxygen atoms in total. The van der Waals surface area contributed by atoms with E-state index in [1.54, 1.807) is 0 Å². The summed E-state index contributed by atoms with van der Waals surface area (Å²) in [6.45, 7) is -5.77. The zero-order valence-electron chi connectivity index (χ0n) is 7.94. The van der Waals surface area contributed by atoms with E-state index in [1.807, 2.05) is 0 Å². The van der Waals surface area contributed by atoms with Gasteiger partial charge in [0.1, 0.15) is 0 Å². The Balaban J connectivity index is 0.00000144. The summed E-state index contributed by atoms with van der Waals surface area (Å²) in [5, 5.41) is 0. The second-order valence-electron chi connectivity index (χ2n) is 3.30. The summed E-state index contributed by atoms with van der Waals surface area (Å²) in [7, 11) is 0. The molecule has 0 atom stereocenters. The van der Waals surface area contributed by atoms with E-state index in [0.717, 1.165) is 32.1 Å². The largest absolute Gasteiger partial charge is 1.00 e. The summed E-state index contributed by atoms with van der Waals surface area (Å²) in [4.78, 5) is 0. The molecule has 0 saturated heterocycles. The Hall–Kier alpha value is 1.45. The summed E-state index contributed by atoms with van der Waals surface area (Å²) in [5.41, 5.74) is 0. The van der Waals surface area contributed by atoms with Gasteiger partial charge in [-0.15, -0.1) is 0 Å². The van der Waals surface area contributed by atoms with Crippen LogP contribution in [0.3, 0.4) is 0 Å². The third kappa shape index (κ3) is 7.39. The maximum absolute atomic E-state index is 11.7. The molecule has 1 saturated carbocycles. The molecule has 0 unspecified atom stereocenters. The zero-order valence-corrected chi connectivity index (χ0v) is 11.1. The van der Waals surface area contributed by atoms with Crippen molar-refractivity contribution in [3.8, 4) is 0 Å². The average Bonchev–Trinajstić information content (AvgIpc) is 2.02. The fraction of sp³-hybridized carbons (Fsp3) is 1.00. The second-order valence-corrected chi connectivity index (χ2v) is 3.30. The summed E-state index contributed by atoms with van der Waals surface area (Å²) < 4.78 is 40.0. The van der Waals surface area contributed by atoms with Crippen molar-refractivity contribution in [2.75, 3.05) is 6.51 Å². The molecule has 0 spiro atoms. The normalized spacial score (nSPS) is 19.6. The second kappa shape index (κ2) is 6.85. The van der Waals surface area contributed by atoms with Gasteiger partial charge in [0, 0.05) is 6.51 Å². The van der Waals surface area contributed by atoms with E-state index in [2.05, 4.69) is 0 Å². The molecule has 1 rings (SSSR count). The zero-order chi connectivity index (χ0) is 9.03. The van der Waals surface area contributed by atoms with Crippen LogP contribution >= 0.6 is 0 Å². The quantitative estimate of drug-likeness (QED) is 0.595. The van der Waals surface area contributed by atoms with Crippen LogP contribution in [0.4, 0.5) is 12.9 Å². The average molecular weight is 220 g/mol. The smallest absolute Gasteiger partial charge is 0.447 e. The minimum Gasteiger partial charge on any atom is -0.447 e. The van der Waals surface area contributed by atoms with Crippen LogP contribution < -0.4 is 51.4 Å². The maximum atomic E-state index is 11.7. The van der Waals surface area contributed by atoms with Crippen LogP contribution in [0.2, 0.25) is 0 Å². The minimum absolute atomic E-state index is 0. The van der Waals surface area contributed by atoms with Gasteiger partial charge in [0.15, 0.2) is 0 Å². The summed E-state index contributed by atoms with van der Waals surface area (Å²) in [5.74, 6) is 0. The van der Waals surface area contributed by atoms with Gasteiger partial charge in [0.2, 0.25) is 0 Å². The van der Waals surface area contributed by atoms with Crippen molar-refractivity contribution in [1.82, 2.24) is 0 Å². The molecule has 6 heteroatoms. The van der Waals surface area contributed by atoms with Crippen molar-refractivity contribution < 1.29 is 69.1 Å². The molecule has 0 radical (unpaired) electrons. The topological polar surface area (TPSA) is 9.23 Å². The van der Waals surface area contributed by atoms with Crippen LogP contribution in [0.25, 0.3) is 0 Å². The summed E-state index contributed by atoms with van der Waals surface area (Å²) in [6, 6.07) is 0. The summed E-state index contributed by atoms with van der Waals surface area (Å²) in [6.07, 6.45) is 4.61. The number of ether oxygens (including phenoxy) is 1. The van der Waals surface area contributed by atoms with Gasteiger partial charge in [-0.1, -0.05) is 19.3 Å². The molecule has 0 aliphatic heterocycles. The first-order valence-corrected chi connectivity index (χ1v) is 4.40. The van der Waals surface area contributed by atoms with Crippen LogP contribution in [-0.4, -0.2) is 19.6 Å². The van der Waals surface area contributed by atoms with Crippen LogP contribution in [0.15, 0.2) is 0 Å². The van der Waals surface area contributed by atoms with Gasteiger partial charge in [-0.2, -0.15) is 0 Å². The van der Waals surface area contributed by atoms with E-state index in [9.17, 15) is 12.9 Å². The van der Waals surface area contributed by atoms with E-state index in [4.69, 9.17) is 4.74 Å². The van der Waals surface area contributed by atoms with E-state index >= 15 is 0 Å². The first-order chi connectivity index (χ1) is 5.58. The third-order valence-corrected chi connectivity index (χ3v) is 2.07. The Kier molecular flexibility index (Phi) is 7.61. The Bertz CT molecular complexity index is 136. The minimum atomic E-state index is -4.75. The van der Waals surface area contributed by atoms with E-state index in [1.165, 1.54) is 0 Å². The van der Waals surface area contributed by atoms with Gasteiger partial charge >= 0.3 is 58.4 Å². The Morgan fingerprint density at radius 2 is 1.62 bits per heavy atom. The molecule has 0 aromatic heterocycles. The van der Waals surface area contributed by atoms with E-state index in [-0.39, 0.29) is 57.5 Å². The molecule has 1 aliphatic carbocycles. The van der Waals surface area contributed by atoms with Crippen molar-refractivity contribution in [1.29, 1.82) is 0 Å². The van der Waals surface area contributed by atoms with E-state index < -0.39 is 13.5 Å². The van der Waals surface area contributed by atoms with Crippen LogP contribution in [0, 0.1) is 0 Å². The fourth-order valence-corrected chi connectivity index (χ4v) is 1.48. The number of rotatable bonds is 3. The molecule has 13 heavy (non-hydrogen) atoms. The molecule has 1 aliphatic rings. The SMILES string of the molecule is F[B-](F)(F)COC1CCCCC1.[K+]. The molecule has 1 fully saturated rings. The van der Waals surface area contributed by atoms with Gasteiger partial charge < -0.3 is 17.7 Å². The fourth-order valence-electron chi connectivity index (χ4n) is 1.48. The number of halogens is 3. The standard InChI is InChI=1S/C7H13BF3O.K/c9-8(10,11)6-12-7-4-2-1-3-5-7;/h7H,1-6H2;/q-1;+1. The van der Waals surface area contributed by atoms with Gasteiger partial charge in [0.05, 0.1) is 6.10 Å². The third-order valence-electron chi connectivity index (χ3n) is 2.07. The number of hydrogen-bond acceptors (Lipinski definition) is 1.